The molecule has 7 heteroatoms. The van der Waals surface area contributed by atoms with E-state index in [2.05, 4.69) is 5.32 Å². The number of ether oxygens (including phenoxy) is 3. The van der Waals surface area contributed by atoms with E-state index in [1.165, 1.54) is 6.08 Å². The lowest BCUT2D eigenvalue weighted by molar-refractivity contribution is -0.137. The predicted octanol–water partition coefficient (Wildman–Crippen LogP) is 3.57. The maximum atomic E-state index is 12.4. The van der Waals surface area contributed by atoms with Crippen LogP contribution in [-0.2, 0) is 9.53 Å². The predicted molar refractivity (Wildman–Crippen MR) is 110 cm³/mol. The number of nitrogens with zero attached hydrogens (tertiary/aromatic N) is 1. The molecule has 1 aliphatic rings. The van der Waals surface area contributed by atoms with E-state index in [9.17, 15) is 9.59 Å². The molecular formula is C22H24N2O5. The second kappa shape index (κ2) is 9.64. The van der Waals surface area contributed by atoms with Crippen molar-refractivity contribution >= 4 is 23.8 Å². The van der Waals surface area contributed by atoms with E-state index in [0.717, 1.165) is 5.56 Å². The van der Waals surface area contributed by atoms with Crippen molar-refractivity contribution in [3.63, 3.8) is 0 Å². The summed E-state index contributed by atoms with van der Waals surface area (Å²) >= 11 is 0. The quantitative estimate of drug-likeness (QED) is 0.597. The molecule has 2 aromatic carbocycles. The van der Waals surface area contributed by atoms with Gasteiger partial charge >= 0.3 is 12.0 Å². The highest BCUT2D eigenvalue weighted by molar-refractivity contribution is 5.90. The van der Waals surface area contributed by atoms with Crippen molar-refractivity contribution in [1.29, 1.82) is 0 Å². The second-order valence-corrected chi connectivity index (χ2v) is 6.52. The molecule has 0 unspecified atom stereocenters. The summed E-state index contributed by atoms with van der Waals surface area (Å²) in [7, 11) is 1.70. The van der Waals surface area contributed by atoms with Crippen LogP contribution >= 0.6 is 0 Å². The van der Waals surface area contributed by atoms with Crippen molar-refractivity contribution in [3.8, 4) is 11.5 Å². The van der Waals surface area contributed by atoms with Gasteiger partial charge in [-0.05, 0) is 42.8 Å². The summed E-state index contributed by atoms with van der Waals surface area (Å²) in [4.78, 5) is 25.3. The largest absolute Gasteiger partial charge is 0.486 e. The van der Waals surface area contributed by atoms with E-state index in [1.54, 1.807) is 49.2 Å². The van der Waals surface area contributed by atoms with Crippen molar-refractivity contribution in [2.75, 3.05) is 32.1 Å². The first kappa shape index (κ1) is 20.3. The first-order valence-electron chi connectivity index (χ1n) is 9.40. The third kappa shape index (κ3) is 5.75. The van der Waals surface area contributed by atoms with Gasteiger partial charge in [0, 0.05) is 18.8 Å². The average Bonchev–Trinajstić information content (AvgIpc) is 2.73. The minimum absolute atomic E-state index is 0.240. The van der Waals surface area contributed by atoms with Crippen LogP contribution in [0.4, 0.5) is 10.5 Å². The van der Waals surface area contributed by atoms with Gasteiger partial charge in [-0.15, -0.1) is 0 Å². The number of anilines is 1. The number of amides is 2. The van der Waals surface area contributed by atoms with Crippen LogP contribution in [0.25, 0.3) is 6.08 Å². The summed E-state index contributed by atoms with van der Waals surface area (Å²) in [5.41, 5.74) is 1.48. The lowest BCUT2D eigenvalue weighted by atomic mass is 10.2. The highest BCUT2D eigenvalue weighted by atomic mass is 16.6. The van der Waals surface area contributed by atoms with E-state index >= 15 is 0 Å². The average molecular weight is 396 g/mol. The number of urea groups is 1. The second-order valence-electron chi connectivity index (χ2n) is 6.52. The van der Waals surface area contributed by atoms with Gasteiger partial charge in [-0.3, -0.25) is 0 Å². The Hall–Kier alpha value is -3.48. The molecule has 152 valence electrons. The van der Waals surface area contributed by atoms with Crippen molar-refractivity contribution in [2.24, 2.45) is 0 Å². The standard InChI is InChI=1S/C22H24N2O5/c1-3-27-21(25)13-10-16-8-11-17(12-9-16)23-22(26)24(2)14-18-15-28-19-6-4-5-7-20(19)29-18/h4-13,18H,3,14-15H2,1-2H3,(H,23,26)/b13-10-/t18-/m1/s1. The van der Waals surface area contributed by atoms with Gasteiger partial charge in [0.1, 0.15) is 6.61 Å². The maximum Gasteiger partial charge on any atom is 0.330 e. The zero-order valence-electron chi connectivity index (χ0n) is 16.5. The molecule has 0 aliphatic carbocycles. The van der Waals surface area contributed by atoms with E-state index in [4.69, 9.17) is 14.2 Å². The highest BCUT2D eigenvalue weighted by Gasteiger charge is 2.23. The SMILES string of the molecule is CCOC(=O)/C=C\c1ccc(NC(=O)N(C)C[C@@H]2COc3ccccc3O2)cc1. The molecule has 1 aliphatic heterocycles. The van der Waals surface area contributed by atoms with Crippen molar-refractivity contribution < 1.29 is 23.8 Å². The molecule has 29 heavy (non-hydrogen) atoms. The molecule has 1 heterocycles. The number of likely N-dealkylation sites (N-methyl/N-ethyl adjacent to an activating group) is 1. The Morgan fingerprint density at radius 1 is 1.17 bits per heavy atom. The molecule has 2 amide bonds. The normalized spacial score (nSPS) is 15.0. The number of hydrogen-bond acceptors (Lipinski definition) is 5. The van der Waals surface area contributed by atoms with E-state index in [1.807, 2.05) is 24.3 Å². The van der Waals surface area contributed by atoms with Crippen LogP contribution in [0.2, 0.25) is 0 Å². The van der Waals surface area contributed by atoms with Gasteiger partial charge in [-0.1, -0.05) is 24.3 Å². The molecular weight excluding hydrogens is 372 g/mol. The van der Waals surface area contributed by atoms with Crippen LogP contribution in [0.15, 0.2) is 54.6 Å². The third-order valence-electron chi connectivity index (χ3n) is 4.25. The van der Waals surface area contributed by atoms with Gasteiger partial charge in [0.15, 0.2) is 17.6 Å². The number of carbonyl (C=O) groups is 2. The van der Waals surface area contributed by atoms with Crippen LogP contribution in [0, 0.1) is 0 Å². The Kier molecular flexibility index (Phi) is 6.73. The molecule has 0 fully saturated rings. The Balaban J connectivity index is 1.50. The van der Waals surface area contributed by atoms with Crippen molar-refractivity contribution in [1.82, 2.24) is 4.90 Å². The summed E-state index contributed by atoms with van der Waals surface area (Å²) in [6.45, 7) is 2.87. The number of para-hydroxylation sites is 2. The van der Waals surface area contributed by atoms with Gasteiger partial charge in [0.05, 0.1) is 13.2 Å². The van der Waals surface area contributed by atoms with Gasteiger partial charge in [-0.25, -0.2) is 9.59 Å². The summed E-state index contributed by atoms with van der Waals surface area (Å²) in [5.74, 6) is 1.01. The topological polar surface area (TPSA) is 77.1 Å². The van der Waals surface area contributed by atoms with E-state index in [-0.39, 0.29) is 18.1 Å². The number of benzene rings is 2. The van der Waals surface area contributed by atoms with Gasteiger partial charge in [-0.2, -0.15) is 0 Å². The zero-order valence-corrected chi connectivity index (χ0v) is 16.5. The first-order valence-corrected chi connectivity index (χ1v) is 9.40. The molecule has 2 aromatic rings. The summed E-state index contributed by atoms with van der Waals surface area (Å²) in [6, 6.07) is 14.4. The van der Waals surface area contributed by atoms with Gasteiger partial charge in [0.25, 0.3) is 0 Å². The van der Waals surface area contributed by atoms with Crippen molar-refractivity contribution in [3.05, 3.63) is 60.2 Å². The number of carbonyl (C=O) groups excluding carboxylic acids is 2. The fourth-order valence-electron chi connectivity index (χ4n) is 2.79. The third-order valence-corrected chi connectivity index (χ3v) is 4.25. The Morgan fingerprint density at radius 3 is 2.62 bits per heavy atom. The van der Waals surface area contributed by atoms with Gasteiger partial charge in [0.2, 0.25) is 0 Å². The lowest BCUT2D eigenvalue weighted by Gasteiger charge is -2.29. The minimum Gasteiger partial charge on any atom is -0.486 e. The lowest BCUT2D eigenvalue weighted by Crippen LogP contribution is -2.43. The smallest absolute Gasteiger partial charge is 0.330 e. The minimum atomic E-state index is -0.386. The van der Waals surface area contributed by atoms with Gasteiger partial charge < -0.3 is 24.4 Å². The van der Waals surface area contributed by atoms with Crippen molar-refractivity contribution in [2.45, 2.75) is 13.0 Å². The molecule has 0 aromatic heterocycles. The Morgan fingerprint density at radius 2 is 1.90 bits per heavy atom. The number of esters is 1. The Labute approximate surface area is 169 Å². The summed E-state index contributed by atoms with van der Waals surface area (Å²) < 4.78 is 16.4. The molecule has 1 N–H and O–H groups in total. The van der Waals surface area contributed by atoms with Crippen LogP contribution in [0.5, 0.6) is 11.5 Å². The summed E-state index contributed by atoms with van der Waals surface area (Å²) in [5, 5.41) is 2.84. The maximum absolute atomic E-state index is 12.4. The monoisotopic (exact) mass is 396 g/mol. The number of nitrogens with one attached hydrogen (secondary N) is 1. The fourth-order valence-corrected chi connectivity index (χ4v) is 2.79. The van der Waals surface area contributed by atoms with Crippen LogP contribution in [-0.4, -0.2) is 49.8 Å². The van der Waals surface area contributed by atoms with Crippen LogP contribution in [0.1, 0.15) is 12.5 Å². The zero-order chi connectivity index (χ0) is 20.6. The van der Waals surface area contributed by atoms with Crippen LogP contribution < -0.4 is 14.8 Å². The Bertz CT molecular complexity index is 879. The molecule has 0 saturated heterocycles. The molecule has 0 bridgehead atoms. The first-order chi connectivity index (χ1) is 14.0. The highest BCUT2D eigenvalue weighted by Crippen LogP contribution is 2.30. The number of rotatable bonds is 6. The molecule has 0 radical (unpaired) electrons. The molecule has 0 spiro atoms. The number of hydrogen-bond donors (Lipinski definition) is 1. The molecule has 3 rings (SSSR count). The molecule has 0 saturated carbocycles. The molecule has 1 atom stereocenters. The fraction of sp³-hybridized carbons (Fsp3) is 0.273. The van der Waals surface area contributed by atoms with E-state index in [0.29, 0.717) is 36.9 Å². The van der Waals surface area contributed by atoms with E-state index < -0.39 is 0 Å². The molecule has 7 nitrogen and oxygen atoms in total. The number of fused-ring (bicyclic) bond motifs is 1. The summed E-state index contributed by atoms with van der Waals surface area (Å²) in [6.07, 6.45) is 2.79. The van der Waals surface area contributed by atoms with Crippen LogP contribution in [0.3, 0.4) is 0 Å².